The Hall–Kier alpha value is -3.74. The van der Waals surface area contributed by atoms with Crippen molar-refractivity contribution in [2.24, 2.45) is 0 Å². The number of benzene rings is 2. The van der Waals surface area contributed by atoms with E-state index in [1.807, 2.05) is 59.5 Å². The van der Waals surface area contributed by atoms with Gasteiger partial charge in [-0.2, -0.15) is 0 Å². The van der Waals surface area contributed by atoms with Crippen molar-refractivity contribution in [2.75, 3.05) is 20.2 Å². The van der Waals surface area contributed by atoms with Crippen LogP contribution in [0, 0.1) is 0 Å². The maximum absolute atomic E-state index is 12.7. The molecule has 1 aliphatic rings. The maximum Gasteiger partial charge on any atom is 0.266 e. The Labute approximate surface area is 186 Å². The fraction of sp³-hybridized carbons (Fsp3) is 0.280. The first-order valence-corrected chi connectivity index (χ1v) is 10.8. The highest BCUT2D eigenvalue weighted by atomic mass is 16.5. The van der Waals surface area contributed by atoms with Crippen molar-refractivity contribution in [3.8, 4) is 17.3 Å². The number of nitrogens with zero attached hydrogens (tertiary/aromatic N) is 4. The highest BCUT2D eigenvalue weighted by Crippen LogP contribution is 2.31. The van der Waals surface area contributed by atoms with Crippen LogP contribution in [0.4, 0.5) is 0 Å². The van der Waals surface area contributed by atoms with Crippen LogP contribution in [-0.2, 0) is 11.2 Å². The van der Waals surface area contributed by atoms with Gasteiger partial charge in [0.15, 0.2) is 0 Å². The SMILES string of the molecule is COc1ccc(CC(=O)N2CCC(c3nnc(-c4nccc5ccccc45)o3)CC2)cc1. The van der Waals surface area contributed by atoms with E-state index in [0.29, 0.717) is 37.0 Å². The smallest absolute Gasteiger partial charge is 0.266 e. The number of ether oxygens (including phenoxy) is 1. The predicted octanol–water partition coefficient (Wildman–Crippen LogP) is 4.24. The standard InChI is InChI=1S/C25H24N4O3/c1-31-20-8-6-17(7-9-20)16-22(30)29-14-11-19(12-15-29)24-27-28-25(32-24)23-21-5-3-2-4-18(21)10-13-26-23/h2-10,13,19H,11-12,14-16H2,1H3. The van der Waals surface area contributed by atoms with Gasteiger partial charge in [0.1, 0.15) is 11.4 Å². The van der Waals surface area contributed by atoms with Crippen molar-refractivity contribution < 1.29 is 13.9 Å². The van der Waals surface area contributed by atoms with Crippen LogP contribution in [0.3, 0.4) is 0 Å². The number of hydrogen-bond donors (Lipinski definition) is 0. The van der Waals surface area contributed by atoms with E-state index in [9.17, 15) is 4.79 Å². The van der Waals surface area contributed by atoms with Gasteiger partial charge in [-0.15, -0.1) is 10.2 Å². The Morgan fingerprint density at radius 1 is 1.06 bits per heavy atom. The van der Waals surface area contributed by atoms with Crippen LogP contribution >= 0.6 is 0 Å². The Morgan fingerprint density at radius 2 is 1.84 bits per heavy atom. The highest BCUT2D eigenvalue weighted by molar-refractivity contribution is 5.92. The van der Waals surface area contributed by atoms with E-state index >= 15 is 0 Å². The zero-order valence-corrected chi connectivity index (χ0v) is 17.9. The zero-order valence-electron chi connectivity index (χ0n) is 17.9. The summed E-state index contributed by atoms with van der Waals surface area (Å²) in [6, 6.07) is 17.6. The number of pyridine rings is 1. The molecule has 1 saturated heterocycles. The third-order valence-electron chi connectivity index (χ3n) is 6.03. The lowest BCUT2D eigenvalue weighted by atomic mass is 9.96. The van der Waals surface area contributed by atoms with Crippen molar-refractivity contribution in [3.05, 3.63) is 72.2 Å². The van der Waals surface area contributed by atoms with Gasteiger partial charge in [-0.05, 0) is 42.0 Å². The van der Waals surface area contributed by atoms with Crippen LogP contribution in [0.15, 0.2) is 65.2 Å². The minimum Gasteiger partial charge on any atom is -0.497 e. The Balaban J connectivity index is 1.23. The minimum absolute atomic E-state index is 0.139. The first kappa shape index (κ1) is 20.2. The summed E-state index contributed by atoms with van der Waals surface area (Å²) in [5.41, 5.74) is 1.69. The molecule has 7 heteroatoms. The number of likely N-dealkylation sites (tertiary alicyclic amines) is 1. The van der Waals surface area contributed by atoms with Crippen LogP contribution in [-0.4, -0.2) is 46.2 Å². The second-order valence-corrected chi connectivity index (χ2v) is 8.01. The van der Waals surface area contributed by atoms with Gasteiger partial charge in [-0.3, -0.25) is 9.78 Å². The molecule has 0 unspecified atom stereocenters. The van der Waals surface area contributed by atoms with Crippen LogP contribution in [0.1, 0.15) is 30.2 Å². The molecule has 1 fully saturated rings. The largest absolute Gasteiger partial charge is 0.497 e. The summed E-state index contributed by atoms with van der Waals surface area (Å²) in [5, 5.41) is 10.6. The molecule has 32 heavy (non-hydrogen) atoms. The van der Waals surface area contributed by atoms with E-state index in [-0.39, 0.29) is 11.8 Å². The second kappa shape index (κ2) is 8.78. The predicted molar refractivity (Wildman–Crippen MR) is 120 cm³/mol. The molecule has 0 bridgehead atoms. The minimum atomic E-state index is 0.139. The van der Waals surface area contributed by atoms with Crippen molar-refractivity contribution >= 4 is 16.7 Å². The first-order valence-electron chi connectivity index (χ1n) is 10.8. The lowest BCUT2D eigenvalue weighted by molar-refractivity contribution is -0.131. The molecule has 2 aromatic heterocycles. The molecule has 7 nitrogen and oxygen atoms in total. The molecule has 0 aliphatic carbocycles. The highest BCUT2D eigenvalue weighted by Gasteiger charge is 2.28. The maximum atomic E-state index is 12.7. The van der Waals surface area contributed by atoms with E-state index in [2.05, 4.69) is 15.2 Å². The van der Waals surface area contributed by atoms with E-state index in [0.717, 1.165) is 34.9 Å². The van der Waals surface area contributed by atoms with Gasteiger partial charge in [0, 0.05) is 30.6 Å². The molecule has 3 heterocycles. The van der Waals surface area contributed by atoms with Gasteiger partial charge < -0.3 is 14.1 Å². The van der Waals surface area contributed by atoms with Gasteiger partial charge in [-0.1, -0.05) is 36.4 Å². The summed E-state index contributed by atoms with van der Waals surface area (Å²) in [6.07, 6.45) is 3.76. The van der Waals surface area contributed by atoms with Crippen molar-refractivity contribution in [1.82, 2.24) is 20.1 Å². The number of hydrogen-bond acceptors (Lipinski definition) is 6. The molecule has 5 rings (SSSR count). The topological polar surface area (TPSA) is 81.4 Å². The van der Waals surface area contributed by atoms with E-state index in [1.165, 1.54) is 0 Å². The summed E-state index contributed by atoms with van der Waals surface area (Å²) in [5.74, 6) is 2.14. The second-order valence-electron chi connectivity index (χ2n) is 8.01. The van der Waals surface area contributed by atoms with Crippen molar-refractivity contribution in [2.45, 2.75) is 25.2 Å². The van der Waals surface area contributed by atoms with Crippen molar-refractivity contribution in [1.29, 1.82) is 0 Å². The normalized spacial score (nSPS) is 14.6. The number of amides is 1. The number of aromatic nitrogens is 3. The molecule has 0 atom stereocenters. The number of methoxy groups -OCH3 is 1. The molecule has 4 aromatic rings. The van der Waals surface area contributed by atoms with Crippen LogP contribution < -0.4 is 4.74 Å². The summed E-state index contributed by atoms with van der Waals surface area (Å²) in [7, 11) is 1.63. The molecular formula is C25H24N4O3. The molecule has 0 radical (unpaired) electrons. The third-order valence-corrected chi connectivity index (χ3v) is 6.03. The molecule has 1 aliphatic heterocycles. The number of piperidine rings is 1. The average Bonchev–Trinajstić information content (AvgIpc) is 3.34. The molecule has 0 N–H and O–H groups in total. The zero-order chi connectivity index (χ0) is 21.9. The summed E-state index contributed by atoms with van der Waals surface area (Å²) < 4.78 is 11.2. The van der Waals surface area contributed by atoms with E-state index in [4.69, 9.17) is 9.15 Å². The quantitative estimate of drug-likeness (QED) is 0.473. The number of carbonyl (C=O) groups is 1. The lowest BCUT2D eigenvalue weighted by Crippen LogP contribution is -2.38. The van der Waals surface area contributed by atoms with Gasteiger partial charge in [0.25, 0.3) is 5.89 Å². The molecular weight excluding hydrogens is 404 g/mol. The van der Waals surface area contributed by atoms with Gasteiger partial charge in [-0.25, -0.2) is 0 Å². The van der Waals surface area contributed by atoms with Gasteiger partial charge >= 0.3 is 0 Å². The van der Waals surface area contributed by atoms with Crippen LogP contribution in [0.5, 0.6) is 5.75 Å². The number of rotatable bonds is 5. The Kier molecular flexibility index (Phi) is 5.54. The Morgan fingerprint density at radius 3 is 2.62 bits per heavy atom. The monoisotopic (exact) mass is 428 g/mol. The Bertz CT molecular complexity index is 1220. The summed E-state index contributed by atoms with van der Waals surface area (Å²) in [4.78, 5) is 19.1. The summed E-state index contributed by atoms with van der Waals surface area (Å²) >= 11 is 0. The third kappa shape index (κ3) is 4.06. The number of fused-ring (bicyclic) bond motifs is 1. The van der Waals surface area contributed by atoms with Crippen LogP contribution in [0.2, 0.25) is 0 Å². The fourth-order valence-corrected chi connectivity index (χ4v) is 4.19. The van der Waals surface area contributed by atoms with E-state index in [1.54, 1.807) is 13.3 Å². The first-order chi connectivity index (χ1) is 15.7. The van der Waals surface area contributed by atoms with Crippen molar-refractivity contribution in [3.63, 3.8) is 0 Å². The average molecular weight is 428 g/mol. The summed E-state index contributed by atoms with van der Waals surface area (Å²) in [6.45, 7) is 1.37. The van der Waals surface area contributed by atoms with Gasteiger partial charge in [0.05, 0.1) is 13.5 Å². The number of carbonyl (C=O) groups excluding carboxylic acids is 1. The molecule has 0 spiro atoms. The molecule has 0 saturated carbocycles. The van der Waals surface area contributed by atoms with E-state index < -0.39 is 0 Å². The lowest BCUT2D eigenvalue weighted by Gasteiger charge is -2.30. The molecule has 1 amide bonds. The van der Waals surface area contributed by atoms with Crippen LogP contribution in [0.25, 0.3) is 22.4 Å². The molecule has 162 valence electrons. The van der Waals surface area contributed by atoms with Gasteiger partial charge in [0.2, 0.25) is 11.8 Å². The fourth-order valence-electron chi connectivity index (χ4n) is 4.19. The molecule has 2 aromatic carbocycles.